The standard InChI is InChI=1S/C24H34O4S/c1-22-9-5-16(25)13-15(22)14-19(29(3,4)27)21-17(22)6-10-23(2)18(21)7-11-24(23)12-8-20(26)28-24/h13,17-19,21H,3,5-12,14H2,1-2,4H3/t17?,18?,19-,21?,22?,23?,24?,29?/m1/s1. The van der Waals surface area contributed by atoms with E-state index in [1.165, 1.54) is 5.57 Å². The van der Waals surface area contributed by atoms with Crippen molar-refractivity contribution in [3.05, 3.63) is 11.6 Å². The normalized spacial score (nSPS) is 50.9. The van der Waals surface area contributed by atoms with Crippen LogP contribution in [0.25, 0.3) is 0 Å². The summed E-state index contributed by atoms with van der Waals surface area (Å²) in [4.78, 5) is 24.3. The lowest BCUT2D eigenvalue weighted by Crippen LogP contribution is -2.59. The molecule has 3 saturated carbocycles. The van der Waals surface area contributed by atoms with Crippen LogP contribution in [0.2, 0.25) is 0 Å². The summed E-state index contributed by atoms with van der Waals surface area (Å²) in [6.07, 6.45) is 11.4. The number of rotatable bonds is 1. The molecular formula is C24H34O4S. The van der Waals surface area contributed by atoms with E-state index in [2.05, 4.69) is 19.7 Å². The van der Waals surface area contributed by atoms with Crippen LogP contribution in [-0.2, 0) is 23.8 Å². The van der Waals surface area contributed by atoms with Crippen molar-refractivity contribution in [1.29, 1.82) is 0 Å². The highest BCUT2D eigenvalue weighted by molar-refractivity contribution is 8.00. The molecule has 160 valence electrons. The van der Waals surface area contributed by atoms with Crippen LogP contribution in [0, 0.1) is 28.6 Å². The largest absolute Gasteiger partial charge is 0.458 e. The second-order valence-corrected chi connectivity index (χ2v) is 13.9. The number of ether oxygens (including phenoxy) is 1. The highest BCUT2D eigenvalue weighted by atomic mass is 32.2. The molecule has 8 atom stereocenters. The molecule has 7 unspecified atom stereocenters. The van der Waals surface area contributed by atoms with Gasteiger partial charge in [0.1, 0.15) is 5.60 Å². The lowest BCUT2D eigenvalue weighted by molar-refractivity contribution is -0.167. The first-order chi connectivity index (χ1) is 13.5. The number of esters is 1. The van der Waals surface area contributed by atoms with Gasteiger partial charge in [0.15, 0.2) is 5.78 Å². The van der Waals surface area contributed by atoms with Crippen LogP contribution in [0.5, 0.6) is 0 Å². The molecule has 4 nitrogen and oxygen atoms in total. The zero-order valence-corrected chi connectivity index (χ0v) is 18.8. The van der Waals surface area contributed by atoms with Crippen molar-refractivity contribution < 1.29 is 18.5 Å². The second-order valence-electron chi connectivity index (χ2n) is 11.1. The third-order valence-corrected chi connectivity index (χ3v) is 11.7. The molecule has 0 bridgehead atoms. The minimum atomic E-state index is -2.26. The summed E-state index contributed by atoms with van der Waals surface area (Å²) in [6.45, 7) is 4.69. The Labute approximate surface area is 174 Å². The average Bonchev–Trinajstić information content (AvgIpc) is 3.15. The van der Waals surface area contributed by atoms with Crippen molar-refractivity contribution in [2.75, 3.05) is 6.26 Å². The van der Waals surface area contributed by atoms with Crippen LogP contribution < -0.4 is 0 Å². The Hall–Kier alpha value is -1.10. The molecule has 1 spiro atoms. The van der Waals surface area contributed by atoms with Gasteiger partial charge in [-0.1, -0.05) is 19.4 Å². The summed E-state index contributed by atoms with van der Waals surface area (Å²) < 4.78 is 19.5. The highest BCUT2D eigenvalue weighted by Crippen LogP contribution is 2.70. The summed E-state index contributed by atoms with van der Waals surface area (Å²) in [6, 6.07) is 0. The molecule has 0 amide bonds. The van der Waals surface area contributed by atoms with Gasteiger partial charge >= 0.3 is 5.97 Å². The van der Waals surface area contributed by atoms with Gasteiger partial charge in [0.05, 0.1) is 0 Å². The van der Waals surface area contributed by atoms with Gasteiger partial charge in [0, 0.05) is 29.8 Å². The summed E-state index contributed by atoms with van der Waals surface area (Å²) in [7, 11) is -2.26. The molecule has 5 rings (SSSR count). The first kappa shape index (κ1) is 19.8. The van der Waals surface area contributed by atoms with E-state index >= 15 is 0 Å². The molecule has 1 saturated heterocycles. The molecule has 29 heavy (non-hydrogen) atoms. The van der Waals surface area contributed by atoms with E-state index in [1.54, 1.807) is 0 Å². The van der Waals surface area contributed by atoms with Crippen molar-refractivity contribution in [3.63, 3.8) is 0 Å². The van der Waals surface area contributed by atoms with E-state index in [1.807, 2.05) is 12.3 Å². The fraction of sp³-hybridized carbons (Fsp3) is 0.792. The minimum Gasteiger partial charge on any atom is -0.458 e. The Morgan fingerprint density at radius 3 is 2.45 bits per heavy atom. The number of ketones is 1. The van der Waals surface area contributed by atoms with Crippen molar-refractivity contribution in [3.8, 4) is 0 Å². The predicted octanol–water partition coefficient (Wildman–Crippen LogP) is 3.92. The zero-order chi connectivity index (χ0) is 20.8. The van der Waals surface area contributed by atoms with Gasteiger partial charge in [-0.05, 0) is 89.6 Å². The van der Waals surface area contributed by atoms with Crippen LogP contribution in [-0.4, -0.2) is 38.9 Å². The molecule has 5 heteroatoms. The quantitative estimate of drug-likeness (QED) is 0.478. The number of carbonyl (C=O) groups is 2. The van der Waals surface area contributed by atoms with Crippen molar-refractivity contribution >= 4 is 27.1 Å². The van der Waals surface area contributed by atoms with Crippen LogP contribution in [0.3, 0.4) is 0 Å². The van der Waals surface area contributed by atoms with Crippen molar-refractivity contribution in [1.82, 2.24) is 0 Å². The molecule has 0 N–H and O–H groups in total. The number of carbonyl (C=O) groups excluding carboxylic acids is 2. The number of allylic oxidation sites excluding steroid dienone is 1. The maximum atomic E-state index is 13.4. The second kappa shape index (κ2) is 5.99. The molecule has 0 aromatic rings. The van der Waals surface area contributed by atoms with E-state index in [0.29, 0.717) is 30.6 Å². The van der Waals surface area contributed by atoms with Gasteiger partial charge < -0.3 is 4.74 Å². The molecule has 0 aromatic carbocycles. The first-order valence-corrected chi connectivity index (χ1v) is 13.5. The maximum absolute atomic E-state index is 13.4. The Morgan fingerprint density at radius 1 is 1.07 bits per heavy atom. The lowest BCUT2D eigenvalue weighted by Gasteiger charge is -2.61. The van der Waals surface area contributed by atoms with Crippen LogP contribution in [0.4, 0.5) is 0 Å². The highest BCUT2D eigenvalue weighted by Gasteiger charge is 2.68. The molecule has 0 aromatic heterocycles. The fourth-order valence-corrected chi connectivity index (χ4v) is 9.88. The van der Waals surface area contributed by atoms with E-state index < -0.39 is 9.52 Å². The monoisotopic (exact) mass is 418 g/mol. The predicted molar refractivity (Wildman–Crippen MR) is 115 cm³/mol. The molecule has 0 radical (unpaired) electrons. The van der Waals surface area contributed by atoms with Crippen molar-refractivity contribution in [2.45, 2.75) is 82.5 Å². The summed E-state index contributed by atoms with van der Waals surface area (Å²) in [5, 5.41) is 0.00889. The minimum absolute atomic E-state index is 0.00889. The summed E-state index contributed by atoms with van der Waals surface area (Å²) >= 11 is 0. The Bertz CT molecular complexity index is 917. The lowest BCUT2D eigenvalue weighted by atomic mass is 9.46. The molecule has 1 aliphatic heterocycles. The molecule has 4 fully saturated rings. The topological polar surface area (TPSA) is 60.4 Å². The third-order valence-electron chi connectivity index (χ3n) is 9.93. The van der Waals surface area contributed by atoms with Gasteiger partial charge in [-0.3, -0.25) is 13.8 Å². The summed E-state index contributed by atoms with van der Waals surface area (Å²) in [5.74, 6) is 5.49. The van der Waals surface area contributed by atoms with Gasteiger partial charge in [-0.25, -0.2) is 0 Å². The number of hydrogen-bond acceptors (Lipinski definition) is 4. The van der Waals surface area contributed by atoms with Crippen molar-refractivity contribution in [2.24, 2.45) is 28.6 Å². The zero-order valence-electron chi connectivity index (χ0n) is 18.0. The SMILES string of the molecule is C=S(C)(=O)[C@@H]1CC2=CC(=O)CCC2(C)C2CCC3(C)C(CCC34CCC(=O)O4)C21. The third kappa shape index (κ3) is 2.55. The van der Waals surface area contributed by atoms with Crippen LogP contribution >= 0.6 is 0 Å². The number of hydrogen-bond donors (Lipinski definition) is 0. The Balaban J connectivity index is 1.61. The van der Waals surface area contributed by atoms with Crippen LogP contribution in [0.15, 0.2) is 11.6 Å². The number of fused-ring (bicyclic) bond motifs is 6. The smallest absolute Gasteiger partial charge is 0.306 e. The van der Waals surface area contributed by atoms with Crippen LogP contribution in [0.1, 0.15) is 71.6 Å². The van der Waals surface area contributed by atoms with E-state index in [9.17, 15) is 13.8 Å². The maximum Gasteiger partial charge on any atom is 0.306 e. The van der Waals surface area contributed by atoms with E-state index in [4.69, 9.17) is 4.74 Å². The molecular weight excluding hydrogens is 384 g/mol. The van der Waals surface area contributed by atoms with Gasteiger partial charge in [-0.15, -0.1) is 0 Å². The van der Waals surface area contributed by atoms with E-state index in [0.717, 1.165) is 44.9 Å². The summed E-state index contributed by atoms with van der Waals surface area (Å²) in [5.41, 5.74) is 0.899. The van der Waals surface area contributed by atoms with E-state index in [-0.39, 0.29) is 33.4 Å². The Kier molecular flexibility index (Phi) is 4.10. The molecule has 5 aliphatic rings. The first-order valence-electron chi connectivity index (χ1n) is 11.3. The average molecular weight is 419 g/mol. The fourth-order valence-electron chi connectivity index (χ4n) is 8.30. The Morgan fingerprint density at radius 2 is 1.79 bits per heavy atom. The van der Waals surface area contributed by atoms with Gasteiger partial charge in [0.25, 0.3) is 0 Å². The van der Waals surface area contributed by atoms with Gasteiger partial charge in [-0.2, -0.15) is 0 Å². The molecule has 1 heterocycles. The van der Waals surface area contributed by atoms with Gasteiger partial charge in [0.2, 0.25) is 0 Å². The molecule has 4 aliphatic carbocycles.